The Labute approximate surface area is 119 Å². The Kier molecular flexibility index (Phi) is 7.09. The van der Waals surface area contributed by atoms with Crippen LogP contribution in [0.25, 0.3) is 0 Å². The van der Waals surface area contributed by atoms with E-state index in [2.05, 4.69) is 29.5 Å². The molecule has 0 aliphatic rings. The fourth-order valence-electron chi connectivity index (χ4n) is 1.69. The number of carbonyl (C=O) groups is 1. The molecule has 0 aliphatic heterocycles. The van der Waals surface area contributed by atoms with Gasteiger partial charge in [-0.2, -0.15) is 0 Å². The summed E-state index contributed by atoms with van der Waals surface area (Å²) in [6, 6.07) is 8.14. The van der Waals surface area contributed by atoms with E-state index in [4.69, 9.17) is 6.42 Å². The highest BCUT2D eigenvalue weighted by Crippen LogP contribution is 2.17. The molecule has 1 atom stereocenters. The maximum absolute atomic E-state index is 11.0. The second kappa shape index (κ2) is 8.63. The van der Waals surface area contributed by atoms with Crippen molar-refractivity contribution in [3.8, 4) is 12.3 Å². The average molecular weight is 276 g/mol. The topological polar surface area (TPSA) is 41.1 Å². The number of terminal acetylenes is 1. The number of rotatable bonds is 7. The first-order valence-electron chi connectivity index (χ1n) is 6.25. The SMILES string of the molecule is C#CCSCCNC(C)c1cccc(NC(C)=O)c1. The van der Waals surface area contributed by atoms with Crippen LogP contribution in [0.1, 0.15) is 25.5 Å². The fourth-order valence-corrected chi connectivity index (χ4v) is 2.21. The van der Waals surface area contributed by atoms with Gasteiger partial charge in [-0.15, -0.1) is 18.2 Å². The summed E-state index contributed by atoms with van der Waals surface area (Å²) in [7, 11) is 0. The van der Waals surface area contributed by atoms with Crippen molar-refractivity contribution in [2.45, 2.75) is 19.9 Å². The third-order valence-corrected chi connectivity index (χ3v) is 3.45. The molecule has 4 heteroatoms. The van der Waals surface area contributed by atoms with Crippen LogP contribution in [0.3, 0.4) is 0 Å². The van der Waals surface area contributed by atoms with E-state index in [1.54, 1.807) is 11.8 Å². The quantitative estimate of drug-likeness (QED) is 0.594. The predicted molar refractivity (Wildman–Crippen MR) is 83.3 cm³/mol. The van der Waals surface area contributed by atoms with Crippen LogP contribution in [0, 0.1) is 12.3 Å². The second-order valence-electron chi connectivity index (χ2n) is 4.24. The van der Waals surface area contributed by atoms with Crippen LogP contribution in [0.2, 0.25) is 0 Å². The first-order valence-corrected chi connectivity index (χ1v) is 7.41. The standard InChI is InChI=1S/C15H20N2OS/c1-4-9-19-10-8-16-12(2)14-6-5-7-15(11-14)17-13(3)18/h1,5-7,11-12,16H,8-10H2,2-3H3,(H,17,18). The normalized spacial score (nSPS) is 11.6. The Hall–Kier alpha value is -1.44. The number of thioether (sulfide) groups is 1. The van der Waals surface area contributed by atoms with Gasteiger partial charge in [0.1, 0.15) is 0 Å². The molecule has 1 aromatic carbocycles. The van der Waals surface area contributed by atoms with Crippen molar-refractivity contribution < 1.29 is 4.79 Å². The molecule has 1 aromatic rings. The van der Waals surface area contributed by atoms with Crippen molar-refractivity contribution in [3.05, 3.63) is 29.8 Å². The lowest BCUT2D eigenvalue weighted by molar-refractivity contribution is -0.114. The fraction of sp³-hybridized carbons (Fsp3) is 0.400. The Morgan fingerprint density at radius 2 is 2.32 bits per heavy atom. The molecular weight excluding hydrogens is 256 g/mol. The van der Waals surface area contributed by atoms with Gasteiger partial charge < -0.3 is 10.6 Å². The van der Waals surface area contributed by atoms with Gasteiger partial charge in [0, 0.05) is 31.0 Å². The zero-order valence-corrected chi connectivity index (χ0v) is 12.2. The number of benzene rings is 1. The van der Waals surface area contributed by atoms with Crippen LogP contribution in [0.4, 0.5) is 5.69 Å². The third-order valence-electron chi connectivity index (χ3n) is 2.59. The molecule has 0 saturated carbocycles. The van der Waals surface area contributed by atoms with Crippen molar-refractivity contribution in [2.24, 2.45) is 0 Å². The van der Waals surface area contributed by atoms with Crippen molar-refractivity contribution >= 4 is 23.4 Å². The molecule has 0 radical (unpaired) electrons. The number of carbonyl (C=O) groups excluding carboxylic acids is 1. The van der Waals surface area contributed by atoms with E-state index in [9.17, 15) is 4.79 Å². The summed E-state index contributed by atoms with van der Waals surface area (Å²) in [5.41, 5.74) is 1.99. The molecular formula is C15H20N2OS. The van der Waals surface area contributed by atoms with Crippen LogP contribution < -0.4 is 10.6 Å². The minimum absolute atomic E-state index is 0.0524. The Balaban J connectivity index is 2.45. The average Bonchev–Trinajstić information content (AvgIpc) is 2.38. The minimum atomic E-state index is -0.0524. The zero-order valence-electron chi connectivity index (χ0n) is 11.4. The summed E-state index contributed by atoms with van der Waals surface area (Å²) < 4.78 is 0. The number of hydrogen-bond donors (Lipinski definition) is 2. The largest absolute Gasteiger partial charge is 0.326 e. The van der Waals surface area contributed by atoms with Crippen molar-refractivity contribution in [2.75, 3.05) is 23.4 Å². The Morgan fingerprint density at radius 1 is 1.53 bits per heavy atom. The second-order valence-corrected chi connectivity index (χ2v) is 5.34. The van der Waals surface area contributed by atoms with Gasteiger partial charge in [0.2, 0.25) is 5.91 Å². The molecule has 0 aliphatic carbocycles. The number of anilines is 1. The minimum Gasteiger partial charge on any atom is -0.326 e. The van der Waals surface area contributed by atoms with Crippen LogP contribution >= 0.6 is 11.8 Å². The molecule has 0 spiro atoms. The van der Waals surface area contributed by atoms with E-state index in [1.807, 2.05) is 18.2 Å². The molecule has 0 fully saturated rings. The third kappa shape index (κ3) is 6.32. The molecule has 0 bridgehead atoms. The summed E-state index contributed by atoms with van der Waals surface area (Å²) in [4.78, 5) is 11.0. The van der Waals surface area contributed by atoms with Gasteiger partial charge >= 0.3 is 0 Å². The summed E-state index contributed by atoms with van der Waals surface area (Å²) in [5.74, 6) is 4.31. The zero-order chi connectivity index (χ0) is 14.1. The van der Waals surface area contributed by atoms with Crippen molar-refractivity contribution in [1.29, 1.82) is 0 Å². The lowest BCUT2D eigenvalue weighted by Crippen LogP contribution is -2.21. The monoisotopic (exact) mass is 276 g/mol. The molecule has 3 nitrogen and oxygen atoms in total. The molecule has 102 valence electrons. The number of nitrogens with one attached hydrogen (secondary N) is 2. The highest BCUT2D eigenvalue weighted by molar-refractivity contribution is 7.99. The van der Waals surface area contributed by atoms with Gasteiger partial charge in [-0.25, -0.2) is 0 Å². The number of hydrogen-bond acceptors (Lipinski definition) is 3. The van der Waals surface area contributed by atoms with Crippen LogP contribution in [-0.4, -0.2) is 24.0 Å². The van der Waals surface area contributed by atoms with E-state index < -0.39 is 0 Å². The molecule has 1 amide bonds. The van der Waals surface area contributed by atoms with Crippen LogP contribution in [-0.2, 0) is 4.79 Å². The van der Waals surface area contributed by atoms with Gasteiger partial charge in [0.25, 0.3) is 0 Å². The van der Waals surface area contributed by atoms with Gasteiger partial charge in [0.05, 0.1) is 5.75 Å². The summed E-state index contributed by atoms with van der Waals surface area (Å²) in [6.45, 7) is 4.54. The van der Waals surface area contributed by atoms with Crippen LogP contribution in [0.15, 0.2) is 24.3 Å². The molecule has 0 saturated heterocycles. The van der Waals surface area contributed by atoms with E-state index in [0.29, 0.717) is 0 Å². The van der Waals surface area contributed by atoms with Crippen molar-refractivity contribution in [1.82, 2.24) is 5.32 Å². The lowest BCUT2D eigenvalue weighted by Gasteiger charge is -2.15. The molecule has 2 N–H and O–H groups in total. The molecule has 1 rings (SSSR count). The smallest absolute Gasteiger partial charge is 0.221 e. The van der Waals surface area contributed by atoms with Gasteiger partial charge in [0.15, 0.2) is 0 Å². The first kappa shape index (κ1) is 15.6. The first-order chi connectivity index (χ1) is 9.13. The molecule has 1 unspecified atom stereocenters. The maximum atomic E-state index is 11.0. The number of amides is 1. The Bertz CT molecular complexity index is 454. The van der Waals surface area contributed by atoms with Gasteiger partial charge in [-0.05, 0) is 24.6 Å². The summed E-state index contributed by atoms with van der Waals surface area (Å²) >= 11 is 1.75. The van der Waals surface area contributed by atoms with E-state index in [0.717, 1.165) is 29.3 Å². The summed E-state index contributed by atoms with van der Waals surface area (Å²) in [5, 5.41) is 6.23. The predicted octanol–water partition coefficient (Wildman–Crippen LogP) is 2.66. The molecule has 0 heterocycles. The van der Waals surface area contributed by atoms with Crippen molar-refractivity contribution in [3.63, 3.8) is 0 Å². The Morgan fingerprint density at radius 3 is 3.00 bits per heavy atom. The van der Waals surface area contributed by atoms with E-state index >= 15 is 0 Å². The van der Waals surface area contributed by atoms with E-state index in [-0.39, 0.29) is 11.9 Å². The summed E-state index contributed by atoms with van der Waals surface area (Å²) in [6.07, 6.45) is 5.19. The molecule has 19 heavy (non-hydrogen) atoms. The maximum Gasteiger partial charge on any atom is 0.221 e. The molecule has 0 aromatic heterocycles. The lowest BCUT2D eigenvalue weighted by atomic mass is 10.1. The van der Waals surface area contributed by atoms with Gasteiger partial charge in [-0.1, -0.05) is 18.1 Å². The van der Waals surface area contributed by atoms with Crippen LogP contribution in [0.5, 0.6) is 0 Å². The highest BCUT2D eigenvalue weighted by Gasteiger charge is 2.05. The van der Waals surface area contributed by atoms with Gasteiger partial charge in [-0.3, -0.25) is 4.79 Å². The highest BCUT2D eigenvalue weighted by atomic mass is 32.2. The van der Waals surface area contributed by atoms with E-state index in [1.165, 1.54) is 6.92 Å².